The highest BCUT2D eigenvalue weighted by Crippen LogP contribution is 2.27. The molecular weight excluding hydrogens is 405 g/mol. The number of halogens is 2. The van der Waals surface area contributed by atoms with Gasteiger partial charge in [0.2, 0.25) is 0 Å². The van der Waals surface area contributed by atoms with Gasteiger partial charge in [-0.15, -0.1) is 11.3 Å². The van der Waals surface area contributed by atoms with Crippen molar-refractivity contribution in [2.24, 2.45) is 0 Å². The second-order valence-electron chi connectivity index (χ2n) is 5.77. The number of benzene rings is 2. The Labute approximate surface area is 170 Å². The summed E-state index contributed by atoms with van der Waals surface area (Å²) in [6.45, 7) is 1.80. The summed E-state index contributed by atoms with van der Waals surface area (Å²) in [4.78, 5) is 25.7. The molecule has 0 aliphatic heterocycles. The number of aryl methyl sites for hydroxylation is 1. The van der Waals surface area contributed by atoms with E-state index < -0.39 is 5.91 Å². The molecule has 0 spiro atoms. The maximum absolute atomic E-state index is 12.7. The molecule has 1 aromatic heterocycles. The normalized spacial score (nSPS) is 10.5. The Hall–Kier alpha value is -2.54. The van der Waals surface area contributed by atoms with Crippen LogP contribution in [0.15, 0.2) is 48.5 Å². The predicted molar refractivity (Wildman–Crippen MR) is 112 cm³/mol. The fraction of sp³-hybridized carbons (Fsp3) is 0.0526. The van der Waals surface area contributed by atoms with E-state index in [9.17, 15) is 9.59 Å². The average Bonchev–Trinajstić information content (AvgIpc) is 2.97. The van der Waals surface area contributed by atoms with E-state index in [1.807, 2.05) is 0 Å². The number of anilines is 3. The summed E-state index contributed by atoms with van der Waals surface area (Å²) in [5.41, 5.74) is 7.69. The minimum atomic E-state index is -0.405. The predicted octanol–water partition coefficient (Wildman–Crippen LogP) is 5.45. The van der Waals surface area contributed by atoms with Crippen molar-refractivity contribution < 1.29 is 9.59 Å². The number of rotatable bonds is 4. The quantitative estimate of drug-likeness (QED) is 0.525. The standard InChI is InChI=1S/C19H15Cl2N3O2S/c1-10-8-16(22)27-17(10)19(26)24-15-7-4-12(21)9-14(15)18(25)23-13-5-2-11(20)3-6-13/h2-9H,22H2,1H3,(H,23,25)(H,24,26). The first-order chi connectivity index (χ1) is 12.8. The Morgan fingerprint density at radius 2 is 1.59 bits per heavy atom. The Morgan fingerprint density at radius 3 is 2.22 bits per heavy atom. The van der Waals surface area contributed by atoms with Crippen LogP contribution in [0.3, 0.4) is 0 Å². The van der Waals surface area contributed by atoms with Gasteiger partial charge in [0.25, 0.3) is 11.8 Å². The van der Waals surface area contributed by atoms with E-state index in [4.69, 9.17) is 28.9 Å². The first kappa shape index (κ1) is 19.2. The molecule has 0 unspecified atom stereocenters. The molecule has 2 aromatic carbocycles. The molecule has 3 rings (SSSR count). The topological polar surface area (TPSA) is 84.2 Å². The number of nitrogens with two attached hydrogens (primary N) is 1. The lowest BCUT2D eigenvalue weighted by atomic mass is 10.1. The summed E-state index contributed by atoms with van der Waals surface area (Å²) in [6, 6.07) is 13.1. The zero-order valence-corrected chi connectivity index (χ0v) is 16.5. The van der Waals surface area contributed by atoms with E-state index in [1.54, 1.807) is 49.4 Å². The lowest BCUT2D eigenvalue weighted by Gasteiger charge is -2.12. The zero-order valence-electron chi connectivity index (χ0n) is 14.2. The third kappa shape index (κ3) is 4.60. The van der Waals surface area contributed by atoms with Gasteiger partial charge < -0.3 is 16.4 Å². The Kier molecular flexibility index (Phi) is 5.70. The lowest BCUT2D eigenvalue weighted by molar-refractivity contribution is 0.102. The van der Waals surface area contributed by atoms with E-state index in [-0.39, 0.29) is 11.5 Å². The molecular formula is C19H15Cl2N3O2S. The first-order valence-corrected chi connectivity index (χ1v) is 9.44. The molecule has 8 heteroatoms. The molecule has 0 bridgehead atoms. The largest absolute Gasteiger partial charge is 0.391 e. The number of amides is 2. The van der Waals surface area contributed by atoms with E-state index in [1.165, 1.54) is 17.4 Å². The fourth-order valence-electron chi connectivity index (χ4n) is 2.46. The third-order valence-corrected chi connectivity index (χ3v) is 5.27. The molecule has 3 aromatic rings. The molecule has 27 heavy (non-hydrogen) atoms. The van der Waals surface area contributed by atoms with Crippen molar-refractivity contribution in [3.63, 3.8) is 0 Å². The van der Waals surface area contributed by atoms with Crippen molar-refractivity contribution in [1.82, 2.24) is 0 Å². The molecule has 138 valence electrons. The van der Waals surface area contributed by atoms with Gasteiger partial charge in [0.1, 0.15) is 0 Å². The highest BCUT2D eigenvalue weighted by atomic mass is 35.5. The summed E-state index contributed by atoms with van der Waals surface area (Å²) >= 11 is 13.1. The van der Waals surface area contributed by atoms with Crippen LogP contribution in [0.5, 0.6) is 0 Å². The molecule has 2 amide bonds. The fourth-order valence-corrected chi connectivity index (χ4v) is 3.59. The van der Waals surface area contributed by atoms with E-state index >= 15 is 0 Å². The molecule has 0 atom stereocenters. The Morgan fingerprint density at radius 1 is 0.926 bits per heavy atom. The van der Waals surface area contributed by atoms with Crippen LogP contribution in [-0.4, -0.2) is 11.8 Å². The molecule has 0 saturated carbocycles. The van der Waals surface area contributed by atoms with Gasteiger partial charge in [-0.3, -0.25) is 9.59 Å². The maximum atomic E-state index is 12.7. The molecule has 0 aliphatic carbocycles. The maximum Gasteiger partial charge on any atom is 0.266 e. The van der Waals surface area contributed by atoms with Crippen LogP contribution in [0, 0.1) is 6.92 Å². The van der Waals surface area contributed by atoms with Crippen LogP contribution in [0.4, 0.5) is 16.4 Å². The number of hydrogen-bond donors (Lipinski definition) is 3. The van der Waals surface area contributed by atoms with Crippen molar-refractivity contribution in [1.29, 1.82) is 0 Å². The number of hydrogen-bond acceptors (Lipinski definition) is 4. The molecule has 1 heterocycles. The van der Waals surface area contributed by atoms with Gasteiger partial charge in [0, 0.05) is 15.7 Å². The summed E-state index contributed by atoms with van der Waals surface area (Å²) in [5, 5.41) is 7.01. The number of nitrogens with one attached hydrogen (secondary N) is 2. The van der Waals surface area contributed by atoms with Crippen molar-refractivity contribution in [2.45, 2.75) is 6.92 Å². The molecule has 4 N–H and O–H groups in total. The van der Waals surface area contributed by atoms with Gasteiger partial charge in [-0.2, -0.15) is 0 Å². The van der Waals surface area contributed by atoms with Gasteiger partial charge in [0.15, 0.2) is 0 Å². The smallest absolute Gasteiger partial charge is 0.266 e. The van der Waals surface area contributed by atoms with Gasteiger partial charge in [-0.1, -0.05) is 23.2 Å². The molecule has 0 radical (unpaired) electrons. The number of carbonyl (C=O) groups excluding carboxylic acids is 2. The lowest BCUT2D eigenvalue weighted by Crippen LogP contribution is -2.18. The average molecular weight is 420 g/mol. The third-order valence-electron chi connectivity index (χ3n) is 3.72. The van der Waals surface area contributed by atoms with E-state index in [0.717, 1.165) is 5.56 Å². The SMILES string of the molecule is Cc1cc(N)sc1C(=O)Nc1ccc(Cl)cc1C(=O)Nc1ccc(Cl)cc1. The van der Waals surface area contributed by atoms with Crippen molar-refractivity contribution >= 4 is 62.7 Å². The van der Waals surface area contributed by atoms with Crippen LogP contribution in [0.1, 0.15) is 25.6 Å². The summed E-state index contributed by atoms with van der Waals surface area (Å²) < 4.78 is 0. The first-order valence-electron chi connectivity index (χ1n) is 7.87. The molecule has 5 nitrogen and oxygen atoms in total. The second-order valence-corrected chi connectivity index (χ2v) is 7.72. The van der Waals surface area contributed by atoms with E-state index in [0.29, 0.717) is 31.3 Å². The van der Waals surface area contributed by atoms with Crippen LogP contribution in [-0.2, 0) is 0 Å². The number of thiophene rings is 1. The van der Waals surface area contributed by atoms with Crippen LogP contribution in [0.25, 0.3) is 0 Å². The Balaban J connectivity index is 1.86. The minimum absolute atomic E-state index is 0.244. The van der Waals surface area contributed by atoms with Gasteiger partial charge in [0.05, 0.1) is 21.1 Å². The van der Waals surface area contributed by atoms with Crippen molar-refractivity contribution in [3.05, 3.63) is 74.6 Å². The van der Waals surface area contributed by atoms with Crippen LogP contribution in [0.2, 0.25) is 10.0 Å². The second kappa shape index (κ2) is 8.00. The van der Waals surface area contributed by atoms with Gasteiger partial charge in [-0.05, 0) is 61.0 Å². The molecule has 0 saturated heterocycles. The van der Waals surface area contributed by atoms with E-state index in [2.05, 4.69) is 10.6 Å². The highest BCUT2D eigenvalue weighted by molar-refractivity contribution is 7.18. The van der Waals surface area contributed by atoms with Crippen molar-refractivity contribution in [2.75, 3.05) is 16.4 Å². The number of carbonyl (C=O) groups is 2. The number of nitrogen functional groups attached to an aromatic ring is 1. The van der Waals surface area contributed by atoms with Gasteiger partial charge in [-0.25, -0.2) is 0 Å². The van der Waals surface area contributed by atoms with Gasteiger partial charge >= 0.3 is 0 Å². The zero-order chi connectivity index (χ0) is 19.6. The summed E-state index contributed by atoms with van der Waals surface area (Å²) in [6.07, 6.45) is 0. The van der Waals surface area contributed by atoms with Crippen LogP contribution >= 0.6 is 34.5 Å². The summed E-state index contributed by atoms with van der Waals surface area (Å²) in [5.74, 6) is -0.741. The Bertz CT molecular complexity index is 1020. The molecule has 0 aliphatic rings. The minimum Gasteiger partial charge on any atom is -0.391 e. The summed E-state index contributed by atoms with van der Waals surface area (Å²) in [7, 11) is 0. The molecule has 0 fully saturated rings. The van der Waals surface area contributed by atoms with Crippen molar-refractivity contribution in [3.8, 4) is 0 Å². The highest BCUT2D eigenvalue weighted by Gasteiger charge is 2.18. The van der Waals surface area contributed by atoms with Crippen LogP contribution < -0.4 is 16.4 Å². The monoisotopic (exact) mass is 419 g/mol.